The number of nitrogens with zero attached hydrogens (tertiary/aromatic N) is 3. The molecule has 2 unspecified atom stereocenters. The van der Waals surface area contributed by atoms with Crippen molar-refractivity contribution in [1.82, 2.24) is 14.7 Å². The number of piperidine rings is 1. The largest absolute Gasteiger partial charge is 0.480 e. The molecule has 21 heavy (non-hydrogen) atoms. The number of carboxylic acid groups (broad SMARTS) is 1. The average Bonchev–Trinajstić information content (AvgIpc) is 2.36. The van der Waals surface area contributed by atoms with Crippen LogP contribution in [-0.2, 0) is 4.79 Å². The van der Waals surface area contributed by atoms with Crippen molar-refractivity contribution in [3.63, 3.8) is 0 Å². The Morgan fingerprint density at radius 3 is 2.38 bits per heavy atom. The molecule has 2 rings (SSSR count). The zero-order valence-electron chi connectivity index (χ0n) is 13.5. The van der Waals surface area contributed by atoms with E-state index >= 15 is 0 Å². The molecule has 2 aliphatic heterocycles. The second kappa shape index (κ2) is 5.83. The summed E-state index contributed by atoms with van der Waals surface area (Å²) in [4.78, 5) is 30.1. The first-order valence-corrected chi connectivity index (χ1v) is 7.72. The second-order valence-electron chi connectivity index (χ2n) is 7.11. The van der Waals surface area contributed by atoms with E-state index in [1.165, 1.54) is 0 Å². The smallest absolute Gasteiger partial charge is 0.327 e. The summed E-state index contributed by atoms with van der Waals surface area (Å²) in [6.45, 7) is 8.79. The molecule has 2 amide bonds. The van der Waals surface area contributed by atoms with Crippen LogP contribution in [-0.4, -0.2) is 77.1 Å². The summed E-state index contributed by atoms with van der Waals surface area (Å²) < 4.78 is 0. The standard InChI is InChI=1S/C15H27N3O3/c1-11-10-16(4)8-9-17(11)14(21)18-7-5-6-15(2,3)12(18)13(19)20/h11-12H,5-10H2,1-4H3,(H,19,20). The molecule has 0 radical (unpaired) electrons. The minimum atomic E-state index is -0.894. The number of hydrogen-bond donors (Lipinski definition) is 1. The average molecular weight is 297 g/mol. The van der Waals surface area contributed by atoms with Crippen molar-refractivity contribution in [3.8, 4) is 0 Å². The Labute approximate surface area is 126 Å². The lowest BCUT2D eigenvalue weighted by molar-refractivity contribution is -0.149. The van der Waals surface area contributed by atoms with Gasteiger partial charge in [0.05, 0.1) is 0 Å². The molecule has 2 fully saturated rings. The molecular formula is C15H27N3O3. The van der Waals surface area contributed by atoms with Crippen LogP contribution in [0.25, 0.3) is 0 Å². The van der Waals surface area contributed by atoms with E-state index in [1.54, 1.807) is 4.90 Å². The van der Waals surface area contributed by atoms with E-state index in [0.29, 0.717) is 13.1 Å². The van der Waals surface area contributed by atoms with Gasteiger partial charge in [-0.3, -0.25) is 0 Å². The Bertz CT molecular complexity index is 424. The summed E-state index contributed by atoms with van der Waals surface area (Å²) in [6, 6.07) is -0.725. The summed E-state index contributed by atoms with van der Waals surface area (Å²) in [5.74, 6) is -0.894. The molecule has 0 aromatic carbocycles. The molecule has 1 N–H and O–H groups in total. The van der Waals surface area contributed by atoms with Crippen molar-refractivity contribution in [1.29, 1.82) is 0 Å². The third kappa shape index (κ3) is 3.15. The van der Waals surface area contributed by atoms with Gasteiger partial charge in [-0.25, -0.2) is 9.59 Å². The predicted molar refractivity (Wildman–Crippen MR) is 80.2 cm³/mol. The highest BCUT2D eigenvalue weighted by Gasteiger charge is 2.46. The number of likely N-dealkylation sites (N-methyl/N-ethyl adjacent to an activating group) is 1. The molecule has 0 saturated carbocycles. The van der Waals surface area contributed by atoms with Crippen LogP contribution in [0.5, 0.6) is 0 Å². The van der Waals surface area contributed by atoms with Crippen LogP contribution < -0.4 is 0 Å². The van der Waals surface area contributed by atoms with Gasteiger partial charge in [0.15, 0.2) is 0 Å². The minimum absolute atomic E-state index is 0.115. The Kier molecular flexibility index (Phi) is 4.46. The number of carboxylic acids is 1. The zero-order valence-corrected chi connectivity index (χ0v) is 13.5. The third-order valence-electron chi connectivity index (χ3n) is 4.83. The predicted octanol–water partition coefficient (Wildman–Crippen LogP) is 1.32. The summed E-state index contributed by atoms with van der Waals surface area (Å²) in [7, 11) is 2.04. The monoisotopic (exact) mass is 297 g/mol. The molecule has 2 atom stereocenters. The molecule has 0 bridgehead atoms. The molecule has 2 saturated heterocycles. The maximum absolute atomic E-state index is 12.8. The summed E-state index contributed by atoms with van der Waals surface area (Å²) in [5, 5.41) is 9.58. The molecular weight excluding hydrogens is 270 g/mol. The molecule has 6 nitrogen and oxygen atoms in total. The van der Waals surface area contributed by atoms with E-state index in [1.807, 2.05) is 32.7 Å². The number of piperazine rings is 1. The Hall–Kier alpha value is -1.30. The number of hydrogen-bond acceptors (Lipinski definition) is 3. The summed E-state index contributed by atoms with van der Waals surface area (Å²) in [6.07, 6.45) is 1.71. The summed E-state index contributed by atoms with van der Waals surface area (Å²) in [5.41, 5.74) is -0.379. The first-order valence-electron chi connectivity index (χ1n) is 7.72. The molecule has 0 aromatic rings. The highest BCUT2D eigenvalue weighted by atomic mass is 16.4. The third-order valence-corrected chi connectivity index (χ3v) is 4.83. The SMILES string of the molecule is CC1CN(C)CCN1C(=O)N1CCCC(C)(C)C1C(=O)O. The fraction of sp³-hybridized carbons (Fsp3) is 0.867. The van der Waals surface area contributed by atoms with Gasteiger partial charge in [0.2, 0.25) is 0 Å². The number of aliphatic carboxylic acids is 1. The molecule has 6 heteroatoms. The second-order valence-corrected chi connectivity index (χ2v) is 7.11. The highest BCUT2D eigenvalue weighted by Crippen LogP contribution is 2.36. The van der Waals surface area contributed by atoms with Crippen LogP contribution in [0.4, 0.5) is 4.79 Å². The van der Waals surface area contributed by atoms with Crippen LogP contribution in [0.3, 0.4) is 0 Å². The molecule has 0 aromatic heterocycles. The lowest BCUT2D eigenvalue weighted by Gasteiger charge is -2.47. The minimum Gasteiger partial charge on any atom is -0.480 e. The van der Waals surface area contributed by atoms with E-state index in [9.17, 15) is 14.7 Å². The van der Waals surface area contributed by atoms with Crippen LogP contribution >= 0.6 is 0 Å². The summed E-state index contributed by atoms with van der Waals surface area (Å²) >= 11 is 0. The Balaban J connectivity index is 2.18. The molecule has 0 aliphatic carbocycles. The number of rotatable bonds is 1. The van der Waals surface area contributed by atoms with Crippen LogP contribution in [0.15, 0.2) is 0 Å². The molecule has 0 spiro atoms. The number of likely N-dealkylation sites (tertiary alicyclic amines) is 1. The topological polar surface area (TPSA) is 64.1 Å². The molecule has 2 aliphatic rings. The van der Waals surface area contributed by atoms with Crippen molar-refractivity contribution < 1.29 is 14.7 Å². The van der Waals surface area contributed by atoms with Crippen molar-refractivity contribution in [2.45, 2.75) is 45.7 Å². The molecule has 2 heterocycles. The van der Waals surface area contributed by atoms with E-state index in [-0.39, 0.29) is 17.5 Å². The van der Waals surface area contributed by atoms with E-state index in [0.717, 1.165) is 25.9 Å². The highest BCUT2D eigenvalue weighted by molar-refractivity contribution is 5.84. The van der Waals surface area contributed by atoms with Gasteiger partial charge in [-0.2, -0.15) is 0 Å². The van der Waals surface area contributed by atoms with Gasteiger partial charge in [0.1, 0.15) is 6.04 Å². The fourth-order valence-electron chi connectivity index (χ4n) is 3.66. The van der Waals surface area contributed by atoms with Gasteiger partial charge in [-0.05, 0) is 32.2 Å². The number of carbonyl (C=O) groups is 2. The first-order chi connectivity index (χ1) is 9.74. The van der Waals surface area contributed by atoms with Crippen LogP contribution in [0, 0.1) is 5.41 Å². The lowest BCUT2D eigenvalue weighted by atomic mass is 9.76. The Morgan fingerprint density at radius 2 is 1.81 bits per heavy atom. The molecule has 120 valence electrons. The first kappa shape index (κ1) is 16.1. The Morgan fingerprint density at radius 1 is 1.14 bits per heavy atom. The van der Waals surface area contributed by atoms with Crippen molar-refractivity contribution in [2.24, 2.45) is 5.41 Å². The van der Waals surface area contributed by atoms with Crippen LogP contribution in [0.2, 0.25) is 0 Å². The van der Waals surface area contributed by atoms with E-state index in [4.69, 9.17) is 0 Å². The normalized spacial score (nSPS) is 30.3. The van der Waals surface area contributed by atoms with Gasteiger partial charge >= 0.3 is 12.0 Å². The van der Waals surface area contributed by atoms with Gasteiger partial charge in [0, 0.05) is 32.2 Å². The number of urea groups is 1. The van der Waals surface area contributed by atoms with Crippen molar-refractivity contribution >= 4 is 12.0 Å². The maximum Gasteiger partial charge on any atom is 0.327 e. The quantitative estimate of drug-likeness (QED) is 0.793. The van der Waals surface area contributed by atoms with Crippen molar-refractivity contribution in [3.05, 3.63) is 0 Å². The lowest BCUT2D eigenvalue weighted by Crippen LogP contribution is -2.63. The van der Waals surface area contributed by atoms with E-state index in [2.05, 4.69) is 4.90 Å². The zero-order chi connectivity index (χ0) is 15.8. The maximum atomic E-state index is 12.8. The van der Waals surface area contributed by atoms with Gasteiger partial charge < -0.3 is 19.8 Å². The van der Waals surface area contributed by atoms with Crippen LogP contribution in [0.1, 0.15) is 33.6 Å². The van der Waals surface area contributed by atoms with Gasteiger partial charge in [-0.15, -0.1) is 0 Å². The number of amides is 2. The fourth-order valence-corrected chi connectivity index (χ4v) is 3.66. The van der Waals surface area contributed by atoms with Crippen molar-refractivity contribution in [2.75, 3.05) is 33.2 Å². The van der Waals surface area contributed by atoms with Gasteiger partial charge in [-0.1, -0.05) is 13.8 Å². The van der Waals surface area contributed by atoms with Gasteiger partial charge in [0.25, 0.3) is 0 Å². The van der Waals surface area contributed by atoms with E-state index < -0.39 is 12.0 Å². The number of carbonyl (C=O) groups excluding carboxylic acids is 1.